The fourth-order valence-corrected chi connectivity index (χ4v) is 1.38. The Balaban J connectivity index is 2.15. The smallest absolute Gasteiger partial charge is 0.125 e. The van der Waals surface area contributed by atoms with E-state index in [9.17, 15) is 4.39 Å². The lowest BCUT2D eigenvalue weighted by Crippen LogP contribution is -2.14. The van der Waals surface area contributed by atoms with Gasteiger partial charge in [-0.25, -0.2) is 4.39 Å². The van der Waals surface area contributed by atoms with Gasteiger partial charge in [-0.1, -0.05) is 6.07 Å². The minimum atomic E-state index is -0.187. The highest BCUT2D eigenvalue weighted by molar-refractivity contribution is 5.42. The van der Waals surface area contributed by atoms with Crippen molar-refractivity contribution in [3.05, 3.63) is 30.1 Å². The maximum atomic E-state index is 12.8. The van der Waals surface area contributed by atoms with Crippen LogP contribution in [0.4, 0.5) is 10.1 Å². The Morgan fingerprint density at radius 2 is 2.07 bits per heavy atom. The molecule has 1 aromatic carbocycles. The molecule has 0 atom stereocenters. The summed E-state index contributed by atoms with van der Waals surface area (Å²) in [6.07, 6.45) is 2.27. The quantitative estimate of drug-likeness (QED) is 0.726. The highest BCUT2D eigenvalue weighted by Gasteiger charge is 1.94. The van der Waals surface area contributed by atoms with Gasteiger partial charge in [0.05, 0.1) is 0 Å². The molecule has 0 amide bonds. The molecule has 3 heteroatoms. The molecular formula is C12H19FN2. The first kappa shape index (κ1) is 12.0. The molecule has 1 aromatic rings. The predicted octanol–water partition coefficient (Wildman–Crippen LogP) is 2.58. The Labute approximate surface area is 91.1 Å². The van der Waals surface area contributed by atoms with Crippen LogP contribution in [0.2, 0.25) is 0 Å². The van der Waals surface area contributed by atoms with E-state index in [0.717, 1.165) is 31.6 Å². The average Bonchev–Trinajstić information content (AvgIpc) is 2.17. The Morgan fingerprint density at radius 3 is 2.73 bits per heavy atom. The molecule has 15 heavy (non-hydrogen) atoms. The SMILES string of the molecule is CN(C)CCCCNc1cccc(F)c1. The van der Waals surface area contributed by atoms with Crippen molar-refractivity contribution in [3.63, 3.8) is 0 Å². The largest absolute Gasteiger partial charge is 0.385 e. The molecule has 0 aliphatic carbocycles. The first-order valence-corrected chi connectivity index (χ1v) is 5.32. The number of hydrogen-bond acceptors (Lipinski definition) is 2. The van der Waals surface area contributed by atoms with E-state index < -0.39 is 0 Å². The monoisotopic (exact) mass is 210 g/mol. The molecule has 0 radical (unpaired) electrons. The third-order valence-electron chi connectivity index (χ3n) is 2.19. The summed E-state index contributed by atoms with van der Waals surface area (Å²) in [5.74, 6) is -0.187. The molecule has 0 aliphatic heterocycles. The molecule has 0 saturated carbocycles. The molecule has 0 aliphatic rings. The van der Waals surface area contributed by atoms with Gasteiger partial charge in [0.25, 0.3) is 0 Å². The van der Waals surface area contributed by atoms with Crippen LogP contribution in [-0.4, -0.2) is 32.1 Å². The van der Waals surface area contributed by atoms with Crippen molar-refractivity contribution in [2.75, 3.05) is 32.5 Å². The Bertz CT molecular complexity index is 287. The normalized spacial score (nSPS) is 10.7. The molecule has 2 nitrogen and oxygen atoms in total. The Kier molecular flexibility index (Phi) is 5.12. The van der Waals surface area contributed by atoms with E-state index in [4.69, 9.17) is 0 Å². The van der Waals surface area contributed by atoms with Gasteiger partial charge in [0.1, 0.15) is 5.82 Å². The van der Waals surface area contributed by atoms with Crippen molar-refractivity contribution in [1.29, 1.82) is 0 Å². The van der Waals surface area contributed by atoms with E-state index in [0.29, 0.717) is 0 Å². The lowest BCUT2D eigenvalue weighted by atomic mass is 10.2. The predicted molar refractivity (Wildman–Crippen MR) is 62.7 cm³/mol. The van der Waals surface area contributed by atoms with Gasteiger partial charge < -0.3 is 10.2 Å². The number of nitrogens with zero attached hydrogens (tertiary/aromatic N) is 1. The van der Waals surface area contributed by atoms with Crippen LogP contribution in [0.3, 0.4) is 0 Å². The number of benzene rings is 1. The molecule has 0 unspecified atom stereocenters. The maximum Gasteiger partial charge on any atom is 0.125 e. The molecule has 0 bridgehead atoms. The molecule has 0 saturated heterocycles. The number of unbranched alkanes of at least 4 members (excludes halogenated alkanes) is 1. The molecule has 0 heterocycles. The highest BCUT2D eigenvalue weighted by atomic mass is 19.1. The van der Waals surface area contributed by atoms with Gasteiger partial charge in [0, 0.05) is 12.2 Å². The van der Waals surface area contributed by atoms with Crippen LogP contribution in [0.25, 0.3) is 0 Å². The van der Waals surface area contributed by atoms with E-state index in [1.165, 1.54) is 12.1 Å². The summed E-state index contributed by atoms with van der Waals surface area (Å²) in [7, 11) is 4.14. The Hall–Kier alpha value is -1.09. The van der Waals surface area contributed by atoms with Gasteiger partial charge in [-0.3, -0.25) is 0 Å². The van der Waals surface area contributed by atoms with Crippen molar-refractivity contribution in [2.45, 2.75) is 12.8 Å². The van der Waals surface area contributed by atoms with Crippen LogP contribution in [0, 0.1) is 5.82 Å². The van der Waals surface area contributed by atoms with Gasteiger partial charge in [-0.15, -0.1) is 0 Å². The second kappa shape index (κ2) is 6.40. The number of hydrogen-bond donors (Lipinski definition) is 1. The van der Waals surface area contributed by atoms with Crippen LogP contribution in [-0.2, 0) is 0 Å². The zero-order chi connectivity index (χ0) is 11.1. The van der Waals surface area contributed by atoms with E-state index in [1.54, 1.807) is 6.07 Å². The summed E-state index contributed by atoms with van der Waals surface area (Å²) in [4.78, 5) is 2.17. The maximum absolute atomic E-state index is 12.8. The summed E-state index contributed by atoms with van der Waals surface area (Å²) in [6, 6.07) is 6.58. The molecular weight excluding hydrogens is 191 g/mol. The summed E-state index contributed by atoms with van der Waals surface area (Å²) in [5, 5.41) is 3.20. The fraction of sp³-hybridized carbons (Fsp3) is 0.500. The van der Waals surface area contributed by atoms with Crippen LogP contribution in [0.15, 0.2) is 24.3 Å². The second-order valence-electron chi connectivity index (χ2n) is 3.95. The summed E-state index contributed by atoms with van der Waals surface area (Å²) in [5.41, 5.74) is 0.861. The van der Waals surface area contributed by atoms with Crippen LogP contribution in [0.1, 0.15) is 12.8 Å². The number of rotatable bonds is 6. The van der Waals surface area contributed by atoms with Crippen LogP contribution < -0.4 is 5.32 Å². The van der Waals surface area contributed by atoms with Crippen molar-refractivity contribution in [2.24, 2.45) is 0 Å². The number of anilines is 1. The number of halogens is 1. The van der Waals surface area contributed by atoms with Crippen molar-refractivity contribution in [1.82, 2.24) is 4.90 Å². The molecule has 0 fully saturated rings. The van der Waals surface area contributed by atoms with Crippen molar-refractivity contribution >= 4 is 5.69 Å². The van der Waals surface area contributed by atoms with E-state index >= 15 is 0 Å². The van der Waals surface area contributed by atoms with Gasteiger partial charge in [0.2, 0.25) is 0 Å². The first-order valence-electron chi connectivity index (χ1n) is 5.32. The van der Waals surface area contributed by atoms with E-state index in [1.807, 2.05) is 6.07 Å². The van der Waals surface area contributed by atoms with Crippen molar-refractivity contribution in [3.8, 4) is 0 Å². The highest BCUT2D eigenvalue weighted by Crippen LogP contribution is 2.08. The van der Waals surface area contributed by atoms with Gasteiger partial charge >= 0.3 is 0 Å². The summed E-state index contributed by atoms with van der Waals surface area (Å²) in [6.45, 7) is 2.00. The van der Waals surface area contributed by atoms with Crippen LogP contribution >= 0.6 is 0 Å². The second-order valence-corrected chi connectivity index (χ2v) is 3.95. The third-order valence-corrected chi connectivity index (χ3v) is 2.19. The lowest BCUT2D eigenvalue weighted by Gasteiger charge is -2.10. The van der Waals surface area contributed by atoms with E-state index in [-0.39, 0.29) is 5.82 Å². The molecule has 1 N–H and O–H groups in total. The third kappa shape index (κ3) is 5.37. The Morgan fingerprint density at radius 1 is 1.27 bits per heavy atom. The minimum absolute atomic E-state index is 0.187. The van der Waals surface area contributed by atoms with Crippen molar-refractivity contribution < 1.29 is 4.39 Å². The fourth-order valence-electron chi connectivity index (χ4n) is 1.38. The lowest BCUT2D eigenvalue weighted by molar-refractivity contribution is 0.396. The van der Waals surface area contributed by atoms with E-state index in [2.05, 4.69) is 24.3 Å². The first-order chi connectivity index (χ1) is 7.18. The zero-order valence-electron chi connectivity index (χ0n) is 9.46. The van der Waals surface area contributed by atoms with Gasteiger partial charge in [-0.05, 0) is 51.7 Å². The standard InChI is InChI=1S/C12H19FN2/c1-15(2)9-4-3-8-14-12-7-5-6-11(13)10-12/h5-7,10,14H,3-4,8-9H2,1-2H3. The molecule has 0 aromatic heterocycles. The molecule has 0 spiro atoms. The van der Waals surface area contributed by atoms with Gasteiger partial charge in [-0.2, -0.15) is 0 Å². The van der Waals surface area contributed by atoms with Crippen LogP contribution in [0.5, 0.6) is 0 Å². The average molecular weight is 210 g/mol. The summed E-state index contributed by atoms with van der Waals surface area (Å²) >= 11 is 0. The molecule has 84 valence electrons. The summed E-state index contributed by atoms with van der Waals surface area (Å²) < 4.78 is 12.8. The topological polar surface area (TPSA) is 15.3 Å². The van der Waals surface area contributed by atoms with Gasteiger partial charge in [0.15, 0.2) is 0 Å². The minimum Gasteiger partial charge on any atom is -0.385 e. The zero-order valence-corrected chi connectivity index (χ0v) is 9.46. The number of nitrogens with one attached hydrogen (secondary N) is 1. The molecule has 1 rings (SSSR count).